The fourth-order valence-electron chi connectivity index (χ4n) is 3.39. The van der Waals surface area contributed by atoms with E-state index in [1.54, 1.807) is 30.3 Å². The molecule has 0 radical (unpaired) electrons. The van der Waals surface area contributed by atoms with Gasteiger partial charge < -0.3 is 43.0 Å². The summed E-state index contributed by atoms with van der Waals surface area (Å²) in [4.78, 5) is 32.2. The summed E-state index contributed by atoms with van der Waals surface area (Å²) in [5.74, 6) is -2.54. The van der Waals surface area contributed by atoms with Crippen molar-refractivity contribution >= 4 is 30.9 Å². The van der Waals surface area contributed by atoms with Crippen LogP contribution in [0.25, 0.3) is 0 Å². The highest BCUT2D eigenvalue weighted by Gasteiger charge is 2.37. The molecule has 0 spiro atoms. The van der Waals surface area contributed by atoms with Crippen molar-refractivity contribution in [3.8, 4) is 5.75 Å². The summed E-state index contributed by atoms with van der Waals surface area (Å²) in [6.45, 7) is 0.288. The average molecular weight is 453 g/mol. The molecule has 13 heteroatoms. The largest absolute Gasteiger partial charge is 0.547 e. The molecule has 1 unspecified atom stereocenters. The van der Waals surface area contributed by atoms with Gasteiger partial charge in [0.2, 0.25) is 0 Å². The molecule has 0 fully saturated rings. The Hall–Kier alpha value is -4.26. The lowest BCUT2D eigenvalue weighted by atomic mass is 9.72. The minimum atomic E-state index is -1.43. The molecule has 0 aliphatic carbocycles. The van der Waals surface area contributed by atoms with Crippen LogP contribution >= 0.6 is 0 Å². The van der Waals surface area contributed by atoms with Crippen LogP contribution < -0.4 is 32.9 Å². The Labute approximate surface area is 189 Å². The van der Waals surface area contributed by atoms with Gasteiger partial charge >= 0.3 is 13.1 Å². The molecule has 0 bridgehead atoms. The van der Waals surface area contributed by atoms with Gasteiger partial charge in [0.25, 0.3) is 5.91 Å². The van der Waals surface area contributed by atoms with E-state index in [1.807, 2.05) is 0 Å². The highest BCUT2D eigenvalue weighted by atomic mass is 16.5. The van der Waals surface area contributed by atoms with E-state index < -0.39 is 24.9 Å². The maximum absolute atomic E-state index is 12.9. The SMILES string of the molecule is NC(N)=NCc1ccc(C(=O)NC2Cc3cccc(C(=O)O)c3OB2O)cc1CN=C(N)N. The predicted molar refractivity (Wildman–Crippen MR) is 122 cm³/mol. The molecule has 0 saturated heterocycles. The number of carbonyl (C=O) groups is 2. The Bertz CT molecular complexity index is 1130. The molecule has 3 rings (SSSR count). The fourth-order valence-corrected chi connectivity index (χ4v) is 3.39. The van der Waals surface area contributed by atoms with Crippen LogP contribution in [-0.4, -0.2) is 47.0 Å². The summed E-state index contributed by atoms with van der Waals surface area (Å²) in [6.07, 6.45) is 0.187. The first-order valence-corrected chi connectivity index (χ1v) is 9.89. The van der Waals surface area contributed by atoms with E-state index in [-0.39, 0.29) is 42.7 Å². The molecule has 2 aromatic carbocycles. The summed E-state index contributed by atoms with van der Waals surface area (Å²) in [5.41, 5.74) is 23.8. The number of hydrogen-bond acceptors (Lipinski definition) is 6. The van der Waals surface area contributed by atoms with Crippen molar-refractivity contribution < 1.29 is 24.4 Å². The van der Waals surface area contributed by atoms with Gasteiger partial charge in [-0.1, -0.05) is 18.2 Å². The number of guanidine groups is 2. The Balaban J connectivity index is 1.81. The number of carbonyl (C=O) groups excluding carboxylic acids is 1. The van der Waals surface area contributed by atoms with Crippen LogP contribution in [-0.2, 0) is 19.5 Å². The molecule has 1 aliphatic heterocycles. The number of hydrogen-bond donors (Lipinski definition) is 7. The number of para-hydroxylation sites is 1. The van der Waals surface area contributed by atoms with Gasteiger partial charge in [0.1, 0.15) is 5.75 Å². The number of benzene rings is 2. The average Bonchev–Trinajstić information content (AvgIpc) is 2.76. The van der Waals surface area contributed by atoms with Crippen molar-refractivity contribution in [1.82, 2.24) is 5.32 Å². The third-order valence-corrected chi connectivity index (χ3v) is 5.00. The lowest BCUT2D eigenvalue weighted by molar-refractivity contribution is 0.0693. The van der Waals surface area contributed by atoms with E-state index in [4.69, 9.17) is 27.6 Å². The van der Waals surface area contributed by atoms with Crippen LogP contribution in [0.1, 0.15) is 37.4 Å². The van der Waals surface area contributed by atoms with Crippen LogP contribution in [0.3, 0.4) is 0 Å². The zero-order valence-electron chi connectivity index (χ0n) is 17.6. The molecular formula is C20H24BN7O5. The van der Waals surface area contributed by atoms with Crippen LogP contribution in [0.5, 0.6) is 5.75 Å². The van der Waals surface area contributed by atoms with Crippen molar-refractivity contribution in [2.75, 3.05) is 0 Å². The maximum Gasteiger partial charge on any atom is 0.547 e. The highest BCUT2D eigenvalue weighted by molar-refractivity contribution is 6.47. The number of amides is 1. The quantitative estimate of drug-likeness (QED) is 0.150. The van der Waals surface area contributed by atoms with Crippen molar-refractivity contribution in [2.45, 2.75) is 25.5 Å². The molecule has 33 heavy (non-hydrogen) atoms. The lowest BCUT2D eigenvalue weighted by Crippen LogP contribution is -2.53. The minimum Gasteiger partial charge on any atom is -0.534 e. The number of fused-ring (bicyclic) bond motifs is 1. The van der Waals surface area contributed by atoms with Crippen molar-refractivity contribution in [3.63, 3.8) is 0 Å². The molecule has 0 aromatic heterocycles. The van der Waals surface area contributed by atoms with E-state index in [1.165, 1.54) is 6.07 Å². The highest BCUT2D eigenvalue weighted by Crippen LogP contribution is 2.30. The topological polar surface area (TPSA) is 225 Å². The number of nitrogens with two attached hydrogens (primary N) is 4. The molecule has 1 atom stereocenters. The molecule has 1 amide bonds. The Morgan fingerprint density at radius 2 is 1.73 bits per heavy atom. The van der Waals surface area contributed by atoms with E-state index in [9.17, 15) is 19.7 Å². The van der Waals surface area contributed by atoms with Crippen molar-refractivity contribution in [3.05, 3.63) is 64.2 Å². The van der Waals surface area contributed by atoms with E-state index in [2.05, 4.69) is 15.3 Å². The third-order valence-electron chi connectivity index (χ3n) is 5.00. The molecule has 1 aliphatic rings. The molecule has 172 valence electrons. The Morgan fingerprint density at radius 3 is 2.36 bits per heavy atom. The lowest BCUT2D eigenvalue weighted by Gasteiger charge is -2.29. The number of nitrogens with zero attached hydrogens (tertiary/aromatic N) is 2. The number of aromatic carboxylic acids is 1. The smallest absolute Gasteiger partial charge is 0.534 e. The van der Waals surface area contributed by atoms with Gasteiger partial charge in [-0.25, -0.2) is 14.8 Å². The second kappa shape index (κ2) is 9.91. The molecule has 1 heterocycles. The van der Waals surface area contributed by atoms with Crippen LogP contribution in [0.4, 0.5) is 0 Å². The summed E-state index contributed by atoms with van der Waals surface area (Å²) in [6, 6.07) is 9.51. The van der Waals surface area contributed by atoms with Gasteiger partial charge in [-0.05, 0) is 41.3 Å². The number of carboxylic acid groups (broad SMARTS) is 1. The zero-order valence-corrected chi connectivity index (χ0v) is 17.6. The monoisotopic (exact) mass is 453 g/mol. The standard InChI is InChI=1S/C20H24BN7O5/c22-19(23)26-8-12-5-4-11(6-13(12)9-27-20(24)25)17(29)28-15-7-10-2-1-3-14(18(30)31)16(10)33-21(15)32/h1-6,15,32H,7-9H2,(H,28,29)(H,30,31)(H4,22,23,26)(H4,24,25,27). The first-order valence-electron chi connectivity index (χ1n) is 9.89. The van der Waals surface area contributed by atoms with E-state index in [0.29, 0.717) is 16.7 Å². The van der Waals surface area contributed by atoms with Crippen LogP contribution in [0.2, 0.25) is 0 Å². The summed E-state index contributed by atoms with van der Waals surface area (Å²) >= 11 is 0. The first-order chi connectivity index (χ1) is 15.7. The van der Waals surface area contributed by atoms with Gasteiger partial charge in [-0.2, -0.15) is 0 Å². The van der Waals surface area contributed by atoms with Gasteiger partial charge in [0, 0.05) is 5.56 Å². The van der Waals surface area contributed by atoms with Gasteiger partial charge in [0.05, 0.1) is 24.6 Å². The second-order valence-electron chi connectivity index (χ2n) is 7.36. The molecule has 0 saturated carbocycles. The van der Waals surface area contributed by atoms with Gasteiger partial charge in [-0.15, -0.1) is 0 Å². The normalized spacial score (nSPS) is 14.5. The number of nitrogens with one attached hydrogen (secondary N) is 1. The van der Waals surface area contributed by atoms with Gasteiger partial charge in [-0.3, -0.25) is 4.79 Å². The zero-order chi connectivity index (χ0) is 24.1. The predicted octanol–water partition coefficient (Wildman–Crippen LogP) is -1.32. The number of aliphatic imine (C=N–C) groups is 2. The molecular weight excluding hydrogens is 429 g/mol. The van der Waals surface area contributed by atoms with Gasteiger partial charge in [0.15, 0.2) is 11.9 Å². The summed E-state index contributed by atoms with van der Waals surface area (Å²) in [7, 11) is -1.43. The minimum absolute atomic E-state index is 0.0583. The van der Waals surface area contributed by atoms with Crippen LogP contribution in [0, 0.1) is 0 Å². The molecule has 12 nitrogen and oxygen atoms in total. The third kappa shape index (κ3) is 5.71. The Morgan fingerprint density at radius 1 is 1.06 bits per heavy atom. The van der Waals surface area contributed by atoms with Crippen LogP contribution in [0.15, 0.2) is 46.4 Å². The van der Waals surface area contributed by atoms with E-state index in [0.717, 1.165) is 5.56 Å². The summed E-state index contributed by atoms with van der Waals surface area (Å²) < 4.78 is 5.41. The second-order valence-corrected chi connectivity index (χ2v) is 7.36. The number of rotatable bonds is 7. The Kier molecular flexibility index (Phi) is 7.03. The first kappa shape index (κ1) is 23.4. The van der Waals surface area contributed by atoms with E-state index >= 15 is 0 Å². The molecule has 2 aromatic rings. The molecule has 11 N–H and O–H groups in total. The summed E-state index contributed by atoms with van der Waals surface area (Å²) in [5, 5.41) is 22.4. The maximum atomic E-state index is 12.9. The van der Waals surface area contributed by atoms with Crippen molar-refractivity contribution in [1.29, 1.82) is 0 Å². The van der Waals surface area contributed by atoms with Crippen molar-refractivity contribution in [2.24, 2.45) is 32.9 Å². The number of carboxylic acids is 1. The fraction of sp³-hybridized carbons (Fsp3) is 0.200.